The number of benzene rings is 1. The third-order valence-corrected chi connectivity index (χ3v) is 2.50. The van der Waals surface area contributed by atoms with Gasteiger partial charge in [-0.2, -0.15) is 0 Å². The predicted molar refractivity (Wildman–Crippen MR) is 66.5 cm³/mol. The highest BCUT2D eigenvalue weighted by molar-refractivity contribution is 5.55. The van der Waals surface area contributed by atoms with Gasteiger partial charge in [0.1, 0.15) is 5.82 Å². The molecule has 3 nitrogen and oxygen atoms in total. The van der Waals surface area contributed by atoms with Gasteiger partial charge in [-0.1, -0.05) is 6.08 Å². The second kappa shape index (κ2) is 6.37. The number of rotatable bonds is 6. The molecular weight excluding hydrogens is 221 g/mol. The lowest BCUT2D eigenvalue weighted by Gasteiger charge is -2.26. The van der Waals surface area contributed by atoms with Gasteiger partial charge in [-0.15, -0.1) is 6.58 Å². The fraction of sp³-hybridized carbons (Fsp3) is 0.385. The topological polar surface area (TPSA) is 43.7 Å². The summed E-state index contributed by atoms with van der Waals surface area (Å²) in [6, 6.07) is 4.26. The van der Waals surface area contributed by atoms with E-state index in [0.29, 0.717) is 18.7 Å². The molecule has 0 aliphatic carbocycles. The Morgan fingerprint density at radius 3 is 2.76 bits per heavy atom. The van der Waals surface area contributed by atoms with E-state index in [1.807, 2.05) is 4.90 Å². The third-order valence-electron chi connectivity index (χ3n) is 2.50. The fourth-order valence-electron chi connectivity index (χ4n) is 1.73. The molecule has 1 rings (SSSR count). The fourth-order valence-corrected chi connectivity index (χ4v) is 1.73. The van der Waals surface area contributed by atoms with Crippen molar-refractivity contribution in [3.05, 3.63) is 42.2 Å². The largest absolute Gasteiger partial charge is 0.395 e. The molecule has 1 aromatic carbocycles. The van der Waals surface area contributed by atoms with Gasteiger partial charge in [-0.05, 0) is 25.1 Å². The van der Waals surface area contributed by atoms with Crippen molar-refractivity contribution < 1.29 is 14.6 Å². The second-order valence-electron chi connectivity index (χ2n) is 3.84. The van der Waals surface area contributed by atoms with E-state index in [1.54, 1.807) is 19.1 Å². The minimum atomic E-state index is -0.758. The zero-order valence-corrected chi connectivity index (χ0v) is 9.93. The highest BCUT2D eigenvalue weighted by Crippen LogP contribution is 2.27. The second-order valence-corrected chi connectivity index (χ2v) is 3.84. The molecule has 1 atom stereocenters. The summed E-state index contributed by atoms with van der Waals surface area (Å²) in [7, 11) is 0. The van der Waals surface area contributed by atoms with Gasteiger partial charge in [0.05, 0.1) is 12.7 Å². The Kier molecular flexibility index (Phi) is 5.12. The first-order chi connectivity index (χ1) is 8.10. The van der Waals surface area contributed by atoms with Gasteiger partial charge in [0.15, 0.2) is 0 Å². The average molecular weight is 239 g/mol. The SMILES string of the molecule is C=CCN(CCO)c1ccc(F)cc1[C@H](C)O. The molecule has 17 heavy (non-hydrogen) atoms. The first-order valence-electron chi connectivity index (χ1n) is 5.54. The van der Waals surface area contributed by atoms with Crippen molar-refractivity contribution in [2.24, 2.45) is 0 Å². The Balaban J connectivity index is 3.11. The standard InChI is InChI=1S/C13H18FNO2/c1-3-6-15(7-8-16)13-5-4-11(14)9-12(13)10(2)17/h3-5,9-10,16-17H,1,6-8H2,2H3/t10-/m0/s1. The highest BCUT2D eigenvalue weighted by atomic mass is 19.1. The molecule has 0 unspecified atom stereocenters. The zero-order chi connectivity index (χ0) is 12.8. The van der Waals surface area contributed by atoms with E-state index in [0.717, 1.165) is 5.69 Å². The Labute approximate surface area is 101 Å². The summed E-state index contributed by atoms with van der Waals surface area (Å²) in [6.45, 7) is 6.17. The summed E-state index contributed by atoms with van der Waals surface area (Å²) < 4.78 is 13.1. The molecule has 0 aliphatic rings. The number of aliphatic hydroxyl groups is 2. The van der Waals surface area contributed by atoms with Gasteiger partial charge in [0.25, 0.3) is 0 Å². The van der Waals surface area contributed by atoms with Crippen LogP contribution in [0.5, 0.6) is 0 Å². The molecule has 0 heterocycles. The number of anilines is 1. The third kappa shape index (κ3) is 3.54. The Morgan fingerprint density at radius 2 is 2.24 bits per heavy atom. The number of aliphatic hydroxyl groups excluding tert-OH is 2. The van der Waals surface area contributed by atoms with E-state index in [4.69, 9.17) is 5.11 Å². The minimum Gasteiger partial charge on any atom is -0.395 e. The van der Waals surface area contributed by atoms with Crippen molar-refractivity contribution in [2.75, 3.05) is 24.6 Å². The molecule has 0 bridgehead atoms. The normalized spacial score (nSPS) is 12.2. The van der Waals surface area contributed by atoms with Crippen LogP contribution in [0.4, 0.5) is 10.1 Å². The molecule has 1 aromatic rings. The van der Waals surface area contributed by atoms with Crippen LogP contribution in [0.25, 0.3) is 0 Å². The van der Waals surface area contributed by atoms with Crippen LogP contribution >= 0.6 is 0 Å². The van der Waals surface area contributed by atoms with Crippen LogP contribution in [0.1, 0.15) is 18.6 Å². The molecule has 0 saturated carbocycles. The van der Waals surface area contributed by atoms with E-state index in [1.165, 1.54) is 12.1 Å². The number of hydrogen-bond donors (Lipinski definition) is 2. The highest BCUT2D eigenvalue weighted by Gasteiger charge is 2.14. The van der Waals surface area contributed by atoms with Crippen LogP contribution in [-0.2, 0) is 0 Å². The Morgan fingerprint density at radius 1 is 1.53 bits per heavy atom. The van der Waals surface area contributed by atoms with Crippen LogP contribution in [0.15, 0.2) is 30.9 Å². The molecule has 4 heteroatoms. The lowest BCUT2D eigenvalue weighted by molar-refractivity contribution is 0.199. The van der Waals surface area contributed by atoms with Crippen molar-refractivity contribution in [3.63, 3.8) is 0 Å². The number of hydrogen-bond acceptors (Lipinski definition) is 3. The number of nitrogens with zero attached hydrogens (tertiary/aromatic N) is 1. The molecule has 0 saturated heterocycles. The summed E-state index contributed by atoms with van der Waals surface area (Å²) in [6.07, 6.45) is 0.942. The van der Waals surface area contributed by atoms with E-state index < -0.39 is 6.10 Å². The quantitative estimate of drug-likeness (QED) is 0.745. The van der Waals surface area contributed by atoms with Crippen molar-refractivity contribution >= 4 is 5.69 Å². The van der Waals surface area contributed by atoms with E-state index in [2.05, 4.69) is 6.58 Å². The molecule has 0 aliphatic heterocycles. The summed E-state index contributed by atoms with van der Waals surface area (Å²) in [5.74, 6) is -0.382. The monoisotopic (exact) mass is 239 g/mol. The van der Waals surface area contributed by atoms with Gasteiger partial charge in [0, 0.05) is 24.3 Å². The Bertz CT molecular complexity index is 380. The minimum absolute atomic E-state index is 0.00946. The van der Waals surface area contributed by atoms with Gasteiger partial charge < -0.3 is 15.1 Å². The molecular formula is C13H18FNO2. The van der Waals surface area contributed by atoms with Crippen LogP contribution < -0.4 is 4.90 Å². The van der Waals surface area contributed by atoms with Crippen LogP contribution in [0.2, 0.25) is 0 Å². The maximum absolute atomic E-state index is 13.1. The lowest BCUT2D eigenvalue weighted by atomic mass is 10.1. The van der Waals surface area contributed by atoms with Crippen molar-refractivity contribution in [1.29, 1.82) is 0 Å². The first kappa shape index (κ1) is 13.7. The van der Waals surface area contributed by atoms with Crippen LogP contribution in [-0.4, -0.2) is 29.9 Å². The summed E-state index contributed by atoms with van der Waals surface area (Å²) >= 11 is 0. The van der Waals surface area contributed by atoms with E-state index in [9.17, 15) is 9.50 Å². The summed E-state index contributed by atoms with van der Waals surface area (Å²) in [5.41, 5.74) is 1.23. The van der Waals surface area contributed by atoms with Gasteiger partial charge in [-0.3, -0.25) is 0 Å². The maximum Gasteiger partial charge on any atom is 0.123 e. The van der Waals surface area contributed by atoms with E-state index >= 15 is 0 Å². The van der Waals surface area contributed by atoms with Gasteiger partial charge in [-0.25, -0.2) is 4.39 Å². The zero-order valence-electron chi connectivity index (χ0n) is 9.93. The molecule has 2 N–H and O–H groups in total. The van der Waals surface area contributed by atoms with Gasteiger partial charge in [0.2, 0.25) is 0 Å². The van der Waals surface area contributed by atoms with Crippen LogP contribution in [0.3, 0.4) is 0 Å². The molecule has 0 aromatic heterocycles. The molecule has 0 amide bonds. The summed E-state index contributed by atoms with van der Waals surface area (Å²) in [4.78, 5) is 1.84. The average Bonchev–Trinajstić information content (AvgIpc) is 2.28. The molecule has 0 spiro atoms. The predicted octanol–water partition coefficient (Wildman–Crippen LogP) is 1.86. The Hall–Kier alpha value is -1.39. The van der Waals surface area contributed by atoms with Crippen LogP contribution in [0, 0.1) is 5.82 Å². The van der Waals surface area contributed by atoms with Gasteiger partial charge >= 0.3 is 0 Å². The van der Waals surface area contributed by atoms with E-state index in [-0.39, 0.29) is 12.4 Å². The smallest absolute Gasteiger partial charge is 0.123 e. The van der Waals surface area contributed by atoms with Crippen molar-refractivity contribution in [1.82, 2.24) is 0 Å². The maximum atomic E-state index is 13.1. The lowest BCUT2D eigenvalue weighted by Crippen LogP contribution is -2.28. The molecule has 0 fully saturated rings. The first-order valence-corrected chi connectivity index (χ1v) is 5.54. The molecule has 0 radical (unpaired) electrons. The van der Waals surface area contributed by atoms with Crippen molar-refractivity contribution in [2.45, 2.75) is 13.0 Å². The summed E-state index contributed by atoms with van der Waals surface area (Å²) in [5, 5.41) is 18.6. The molecule has 94 valence electrons. The number of halogens is 1. The van der Waals surface area contributed by atoms with Crippen molar-refractivity contribution in [3.8, 4) is 0 Å².